The summed E-state index contributed by atoms with van der Waals surface area (Å²) in [6.45, 7) is 6.03. The van der Waals surface area contributed by atoms with Gasteiger partial charge in [-0.1, -0.05) is 50.6 Å². The average molecular weight is 257 g/mol. The van der Waals surface area contributed by atoms with Gasteiger partial charge in [-0.3, -0.25) is 0 Å². The lowest BCUT2D eigenvalue weighted by Gasteiger charge is -2.16. The van der Waals surface area contributed by atoms with Crippen LogP contribution in [0.5, 0.6) is 5.75 Å². The molecule has 0 amide bonds. The van der Waals surface area contributed by atoms with E-state index < -0.39 is 0 Å². The molecule has 0 saturated carbocycles. The summed E-state index contributed by atoms with van der Waals surface area (Å²) in [7, 11) is 1.97. The molecule has 0 heterocycles. The monoisotopic (exact) mass is 257 g/mol. The van der Waals surface area contributed by atoms with Gasteiger partial charge in [0.2, 0.25) is 0 Å². The molecule has 2 rings (SSSR count). The van der Waals surface area contributed by atoms with Gasteiger partial charge in [-0.2, -0.15) is 0 Å². The Morgan fingerprint density at radius 2 is 1.95 bits per heavy atom. The van der Waals surface area contributed by atoms with Crippen LogP contribution in [0, 0.1) is 5.92 Å². The van der Waals surface area contributed by atoms with Crippen molar-refractivity contribution in [3.63, 3.8) is 0 Å². The maximum absolute atomic E-state index is 6.01. The maximum Gasteiger partial charge on any atom is 0.124 e. The van der Waals surface area contributed by atoms with Gasteiger partial charge in [0.25, 0.3) is 0 Å². The van der Waals surface area contributed by atoms with E-state index in [1.165, 1.54) is 16.3 Å². The van der Waals surface area contributed by atoms with Crippen LogP contribution in [0.4, 0.5) is 0 Å². The van der Waals surface area contributed by atoms with Crippen molar-refractivity contribution in [3.05, 3.63) is 42.0 Å². The van der Waals surface area contributed by atoms with E-state index in [0.717, 1.165) is 25.3 Å². The summed E-state index contributed by atoms with van der Waals surface area (Å²) in [5.41, 5.74) is 1.25. The summed E-state index contributed by atoms with van der Waals surface area (Å²) in [6.07, 6.45) is 1.15. The predicted octanol–water partition coefficient (Wildman–Crippen LogP) is 3.98. The maximum atomic E-state index is 6.01. The normalized spacial score (nSPS) is 12.6. The fraction of sp³-hybridized carbons (Fsp3) is 0.412. The van der Waals surface area contributed by atoms with E-state index in [1.807, 2.05) is 7.05 Å². The number of fused-ring (bicyclic) bond motifs is 1. The molecule has 0 spiro atoms. The lowest BCUT2D eigenvalue weighted by molar-refractivity contribution is 0.254. The van der Waals surface area contributed by atoms with Crippen LogP contribution in [0.15, 0.2) is 36.4 Å². The van der Waals surface area contributed by atoms with Crippen molar-refractivity contribution in [3.8, 4) is 5.75 Å². The minimum Gasteiger partial charge on any atom is -0.493 e. The van der Waals surface area contributed by atoms with Gasteiger partial charge in [0.15, 0.2) is 0 Å². The minimum absolute atomic E-state index is 0.592. The summed E-state index contributed by atoms with van der Waals surface area (Å²) in [5.74, 6) is 1.60. The number of hydrogen-bond donors (Lipinski definition) is 1. The van der Waals surface area contributed by atoms with Crippen molar-refractivity contribution in [1.29, 1.82) is 0 Å². The molecule has 1 N–H and O–H groups in total. The van der Waals surface area contributed by atoms with Crippen LogP contribution in [-0.4, -0.2) is 13.7 Å². The molecule has 102 valence electrons. The number of hydrogen-bond acceptors (Lipinski definition) is 2. The lowest BCUT2D eigenvalue weighted by atomic mass is 10.0. The molecular weight excluding hydrogens is 234 g/mol. The van der Waals surface area contributed by atoms with E-state index >= 15 is 0 Å². The van der Waals surface area contributed by atoms with E-state index in [1.54, 1.807) is 0 Å². The van der Waals surface area contributed by atoms with Crippen molar-refractivity contribution in [1.82, 2.24) is 5.32 Å². The number of nitrogens with one attached hydrogen (secondary N) is 1. The Kier molecular flexibility index (Phi) is 4.80. The van der Waals surface area contributed by atoms with Crippen LogP contribution in [0.3, 0.4) is 0 Å². The molecule has 0 aliphatic rings. The number of ether oxygens (including phenoxy) is 1. The lowest BCUT2D eigenvalue weighted by Crippen LogP contribution is -2.11. The molecule has 0 saturated heterocycles. The van der Waals surface area contributed by atoms with E-state index in [0.29, 0.717) is 5.92 Å². The predicted molar refractivity (Wildman–Crippen MR) is 81.7 cm³/mol. The van der Waals surface area contributed by atoms with Gasteiger partial charge >= 0.3 is 0 Å². The third-order valence-electron chi connectivity index (χ3n) is 3.57. The molecule has 2 nitrogen and oxygen atoms in total. The van der Waals surface area contributed by atoms with E-state index in [2.05, 4.69) is 55.6 Å². The highest BCUT2D eigenvalue weighted by Gasteiger charge is 2.09. The number of benzene rings is 2. The van der Waals surface area contributed by atoms with Crippen LogP contribution in [0.25, 0.3) is 10.8 Å². The zero-order valence-electron chi connectivity index (χ0n) is 12.1. The Labute approximate surface area is 115 Å². The van der Waals surface area contributed by atoms with Gasteiger partial charge in [0, 0.05) is 12.1 Å². The second-order valence-electron chi connectivity index (χ2n) is 5.12. The first-order valence-corrected chi connectivity index (χ1v) is 7.04. The fourth-order valence-electron chi connectivity index (χ4n) is 2.16. The smallest absolute Gasteiger partial charge is 0.124 e. The Morgan fingerprint density at radius 3 is 2.68 bits per heavy atom. The largest absolute Gasteiger partial charge is 0.493 e. The van der Waals surface area contributed by atoms with Gasteiger partial charge in [-0.05, 0) is 29.8 Å². The molecule has 1 unspecified atom stereocenters. The molecule has 0 aromatic heterocycles. The Hall–Kier alpha value is -1.54. The van der Waals surface area contributed by atoms with Gasteiger partial charge < -0.3 is 10.1 Å². The van der Waals surface area contributed by atoms with Crippen molar-refractivity contribution >= 4 is 10.8 Å². The average Bonchev–Trinajstić information content (AvgIpc) is 2.46. The second kappa shape index (κ2) is 6.58. The van der Waals surface area contributed by atoms with Crippen LogP contribution >= 0.6 is 0 Å². The summed E-state index contributed by atoms with van der Waals surface area (Å²) in [4.78, 5) is 0. The van der Waals surface area contributed by atoms with Crippen molar-refractivity contribution in [2.75, 3.05) is 13.7 Å². The van der Waals surface area contributed by atoms with Crippen molar-refractivity contribution in [2.24, 2.45) is 5.92 Å². The Morgan fingerprint density at radius 1 is 1.16 bits per heavy atom. The molecule has 0 radical (unpaired) electrons. The van der Waals surface area contributed by atoms with E-state index in [9.17, 15) is 0 Å². The highest BCUT2D eigenvalue weighted by atomic mass is 16.5. The minimum atomic E-state index is 0.592. The molecule has 0 aliphatic carbocycles. The van der Waals surface area contributed by atoms with Gasteiger partial charge in [-0.15, -0.1) is 0 Å². The molecule has 1 atom stereocenters. The third-order valence-corrected chi connectivity index (χ3v) is 3.57. The van der Waals surface area contributed by atoms with Crippen molar-refractivity contribution < 1.29 is 4.74 Å². The third kappa shape index (κ3) is 3.27. The standard InChI is InChI=1S/C17H23NO/c1-4-13(2)12-19-17-10-9-14-7-5-6-8-15(14)16(17)11-18-3/h5-10,13,18H,4,11-12H2,1-3H3. The van der Waals surface area contributed by atoms with Crippen LogP contribution < -0.4 is 10.1 Å². The molecule has 0 fully saturated rings. The van der Waals surface area contributed by atoms with Crippen molar-refractivity contribution in [2.45, 2.75) is 26.8 Å². The molecular formula is C17H23NO. The molecule has 2 heteroatoms. The number of rotatable bonds is 6. The van der Waals surface area contributed by atoms with E-state index in [4.69, 9.17) is 4.74 Å². The summed E-state index contributed by atoms with van der Waals surface area (Å²) in [5, 5.41) is 5.78. The summed E-state index contributed by atoms with van der Waals surface area (Å²) in [6, 6.07) is 12.7. The van der Waals surface area contributed by atoms with Crippen LogP contribution in [0.1, 0.15) is 25.8 Å². The molecule has 0 bridgehead atoms. The highest BCUT2D eigenvalue weighted by molar-refractivity contribution is 5.87. The van der Waals surface area contributed by atoms with Gasteiger partial charge in [0.1, 0.15) is 5.75 Å². The first-order chi connectivity index (χ1) is 9.26. The Balaban J connectivity index is 2.34. The zero-order chi connectivity index (χ0) is 13.7. The quantitative estimate of drug-likeness (QED) is 0.845. The Bertz CT molecular complexity index is 536. The second-order valence-corrected chi connectivity index (χ2v) is 5.12. The van der Waals surface area contributed by atoms with Crippen LogP contribution in [0.2, 0.25) is 0 Å². The summed E-state index contributed by atoms with van der Waals surface area (Å²) >= 11 is 0. The summed E-state index contributed by atoms with van der Waals surface area (Å²) < 4.78 is 6.01. The first-order valence-electron chi connectivity index (χ1n) is 7.04. The van der Waals surface area contributed by atoms with Gasteiger partial charge in [0.05, 0.1) is 6.61 Å². The van der Waals surface area contributed by atoms with Crippen LogP contribution in [-0.2, 0) is 6.54 Å². The molecule has 19 heavy (non-hydrogen) atoms. The molecule has 0 aliphatic heterocycles. The molecule has 2 aromatic rings. The SMILES string of the molecule is CCC(C)COc1ccc2ccccc2c1CNC. The van der Waals surface area contributed by atoms with Gasteiger partial charge in [-0.25, -0.2) is 0 Å². The highest BCUT2D eigenvalue weighted by Crippen LogP contribution is 2.28. The zero-order valence-corrected chi connectivity index (χ0v) is 12.1. The fourth-order valence-corrected chi connectivity index (χ4v) is 2.16. The van der Waals surface area contributed by atoms with E-state index in [-0.39, 0.29) is 0 Å². The first kappa shape index (κ1) is 13.9. The molecule has 2 aromatic carbocycles. The topological polar surface area (TPSA) is 21.3 Å².